The molecule has 0 aliphatic carbocycles. The molecule has 0 saturated carbocycles. The average molecular weight is 203 g/mol. The molecule has 0 bridgehead atoms. The van der Waals surface area contributed by atoms with Gasteiger partial charge < -0.3 is 29.8 Å². The highest BCUT2D eigenvalue weighted by Crippen LogP contribution is 2.27. The van der Waals surface area contributed by atoms with Crippen LogP contribution in [0, 0.1) is 0 Å². The SMILES string of the molecule is CC(B(O)O)C(O[B]O)C(C)B(O)O. The lowest BCUT2D eigenvalue weighted by Crippen LogP contribution is -2.39. The van der Waals surface area contributed by atoms with Gasteiger partial charge >= 0.3 is 21.9 Å². The number of hydrogen-bond acceptors (Lipinski definition) is 6. The van der Waals surface area contributed by atoms with Crippen molar-refractivity contribution < 1.29 is 29.8 Å². The van der Waals surface area contributed by atoms with E-state index in [1.807, 2.05) is 0 Å². The Kier molecular flexibility index (Phi) is 6.42. The van der Waals surface area contributed by atoms with Crippen molar-refractivity contribution >= 4 is 21.9 Å². The predicted octanol–water partition coefficient (Wildman–Crippen LogP) is -2.38. The first-order chi connectivity index (χ1) is 6.41. The monoisotopic (exact) mass is 203 g/mol. The summed E-state index contributed by atoms with van der Waals surface area (Å²) in [5.41, 5.74) is 0. The molecule has 14 heavy (non-hydrogen) atoms. The lowest BCUT2D eigenvalue weighted by atomic mass is 9.60. The molecular weight excluding hydrogens is 188 g/mol. The molecule has 9 heteroatoms. The molecule has 0 heterocycles. The molecule has 0 spiro atoms. The molecule has 1 radical (unpaired) electrons. The van der Waals surface area contributed by atoms with Crippen LogP contribution in [-0.2, 0) is 4.65 Å². The van der Waals surface area contributed by atoms with Gasteiger partial charge in [0.25, 0.3) is 0 Å². The zero-order valence-electron chi connectivity index (χ0n) is 8.11. The molecule has 79 valence electrons. The van der Waals surface area contributed by atoms with Crippen molar-refractivity contribution in [2.45, 2.75) is 31.6 Å². The van der Waals surface area contributed by atoms with E-state index in [1.54, 1.807) is 0 Å². The normalized spacial score (nSPS) is 17.1. The zero-order chi connectivity index (χ0) is 11.3. The van der Waals surface area contributed by atoms with Gasteiger partial charge in [-0.2, -0.15) is 0 Å². The summed E-state index contributed by atoms with van der Waals surface area (Å²) in [4.78, 5) is 0. The van der Waals surface area contributed by atoms with Gasteiger partial charge in [-0.15, -0.1) is 0 Å². The molecule has 2 atom stereocenters. The Morgan fingerprint density at radius 3 is 1.57 bits per heavy atom. The van der Waals surface area contributed by atoms with Crippen LogP contribution in [0.5, 0.6) is 0 Å². The highest BCUT2D eigenvalue weighted by Gasteiger charge is 2.37. The molecule has 0 aliphatic rings. The van der Waals surface area contributed by atoms with E-state index < -0.39 is 32.0 Å². The minimum absolute atomic E-state index is 0.391. The van der Waals surface area contributed by atoms with Crippen molar-refractivity contribution in [3.05, 3.63) is 0 Å². The topological polar surface area (TPSA) is 110 Å². The molecule has 0 fully saturated rings. The molecule has 0 rings (SSSR count). The third-order valence-corrected chi connectivity index (χ3v) is 2.19. The van der Waals surface area contributed by atoms with Gasteiger partial charge in [-0.25, -0.2) is 0 Å². The lowest BCUT2D eigenvalue weighted by Gasteiger charge is -2.28. The van der Waals surface area contributed by atoms with Crippen LogP contribution in [0.1, 0.15) is 13.8 Å². The van der Waals surface area contributed by atoms with Gasteiger partial charge in [0.05, 0.1) is 0 Å². The van der Waals surface area contributed by atoms with Crippen LogP contribution in [0.2, 0.25) is 11.6 Å². The standard InChI is InChI=1S/C5H14B3O6/c1-3(7(10)11)5(14-6-9)4(2)8(12)13/h3-5,9-13H,1-2H3. The van der Waals surface area contributed by atoms with Gasteiger partial charge in [-0.05, 0) is 0 Å². The molecule has 0 aromatic heterocycles. The van der Waals surface area contributed by atoms with E-state index >= 15 is 0 Å². The Hall–Kier alpha value is -0.0452. The van der Waals surface area contributed by atoms with Crippen LogP contribution in [0.25, 0.3) is 0 Å². The third-order valence-electron chi connectivity index (χ3n) is 2.19. The fraction of sp³-hybridized carbons (Fsp3) is 1.00. The van der Waals surface area contributed by atoms with Crippen molar-refractivity contribution in [3.63, 3.8) is 0 Å². The summed E-state index contributed by atoms with van der Waals surface area (Å²) in [5, 5.41) is 43.9. The summed E-state index contributed by atoms with van der Waals surface area (Å²) < 4.78 is 4.68. The quantitative estimate of drug-likeness (QED) is 0.308. The second kappa shape index (κ2) is 6.44. The van der Waals surface area contributed by atoms with Crippen LogP contribution in [0.4, 0.5) is 0 Å². The van der Waals surface area contributed by atoms with Crippen molar-refractivity contribution in [1.82, 2.24) is 0 Å². The maximum atomic E-state index is 8.87. The summed E-state index contributed by atoms with van der Waals surface area (Å²) in [7, 11) is -2.91. The predicted molar refractivity (Wildman–Crippen MR) is 52.1 cm³/mol. The van der Waals surface area contributed by atoms with Crippen LogP contribution >= 0.6 is 0 Å². The molecular formula is C5H14B3O6. The summed E-state index contributed by atoms with van der Waals surface area (Å²) in [6.45, 7) is 2.91. The van der Waals surface area contributed by atoms with Crippen molar-refractivity contribution in [2.24, 2.45) is 0 Å². The van der Waals surface area contributed by atoms with E-state index in [1.165, 1.54) is 13.8 Å². The Labute approximate surface area is 84.1 Å². The Bertz CT molecular complexity index is 142. The molecule has 0 saturated heterocycles. The zero-order valence-corrected chi connectivity index (χ0v) is 8.11. The summed E-state index contributed by atoms with van der Waals surface area (Å²) in [6, 6.07) is 0. The summed E-state index contributed by atoms with van der Waals surface area (Å²) in [6.07, 6.45) is -0.889. The Morgan fingerprint density at radius 2 is 1.36 bits per heavy atom. The van der Waals surface area contributed by atoms with Crippen molar-refractivity contribution in [1.29, 1.82) is 0 Å². The highest BCUT2D eigenvalue weighted by molar-refractivity contribution is 6.46. The minimum Gasteiger partial charge on any atom is -0.429 e. The maximum Gasteiger partial charge on any atom is 0.485 e. The highest BCUT2D eigenvalue weighted by atomic mass is 16.5. The first-order valence-corrected chi connectivity index (χ1v) is 4.25. The van der Waals surface area contributed by atoms with E-state index in [4.69, 9.17) is 25.1 Å². The molecule has 0 aliphatic heterocycles. The second-order valence-corrected chi connectivity index (χ2v) is 3.25. The fourth-order valence-electron chi connectivity index (χ4n) is 1.14. The van der Waals surface area contributed by atoms with Crippen LogP contribution in [0.15, 0.2) is 0 Å². The van der Waals surface area contributed by atoms with Crippen LogP contribution in [0.3, 0.4) is 0 Å². The number of rotatable bonds is 6. The second-order valence-electron chi connectivity index (χ2n) is 3.25. The molecule has 0 aromatic carbocycles. The van der Waals surface area contributed by atoms with Crippen molar-refractivity contribution in [3.8, 4) is 0 Å². The fourth-order valence-corrected chi connectivity index (χ4v) is 1.14. The first kappa shape index (κ1) is 14.0. The largest absolute Gasteiger partial charge is 0.485 e. The van der Waals surface area contributed by atoms with Crippen LogP contribution in [-0.4, -0.2) is 53.1 Å². The maximum absolute atomic E-state index is 8.87. The Morgan fingerprint density at radius 1 is 1.00 bits per heavy atom. The van der Waals surface area contributed by atoms with Crippen molar-refractivity contribution in [2.75, 3.05) is 0 Å². The molecule has 2 unspecified atom stereocenters. The van der Waals surface area contributed by atoms with Gasteiger partial charge in [0.1, 0.15) is 0 Å². The van der Waals surface area contributed by atoms with E-state index in [9.17, 15) is 0 Å². The Balaban J connectivity index is 4.41. The van der Waals surface area contributed by atoms with E-state index in [0.717, 1.165) is 0 Å². The van der Waals surface area contributed by atoms with Crippen LogP contribution < -0.4 is 0 Å². The van der Waals surface area contributed by atoms with Gasteiger partial charge in [0, 0.05) is 17.7 Å². The summed E-state index contributed by atoms with van der Waals surface area (Å²) >= 11 is 0. The van der Waals surface area contributed by atoms with Gasteiger partial charge in [0.15, 0.2) is 0 Å². The lowest BCUT2D eigenvalue weighted by molar-refractivity contribution is 0.149. The summed E-state index contributed by atoms with van der Waals surface area (Å²) in [5.74, 6) is -1.51. The molecule has 6 nitrogen and oxygen atoms in total. The average Bonchev–Trinajstić information content (AvgIpc) is 2.11. The van der Waals surface area contributed by atoms with E-state index in [0.29, 0.717) is 7.69 Å². The number of hydrogen-bond donors (Lipinski definition) is 5. The van der Waals surface area contributed by atoms with Gasteiger partial charge in [-0.1, -0.05) is 13.8 Å². The smallest absolute Gasteiger partial charge is 0.429 e. The minimum atomic E-state index is -1.65. The van der Waals surface area contributed by atoms with Gasteiger partial charge in [-0.3, -0.25) is 0 Å². The van der Waals surface area contributed by atoms with E-state index in [-0.39, 0.29) is 0 Å². The van der Waals surface area contributed by atoms with E-state index in [2.05, 4.69) is 4.65 Å². The molecule has 0 amide bonds. The third kappa shape index (κ3) is 3.99. The first-order valence-electron chi connectivity index (χ1n) is 4.25. The molecule has 0 aromatic rings. The molecule has 5 N–H and O–H groups in total. The van der Waals surface area contributed by atoms with Gasteiger partial charge in [0.2, 0.25) is 0 Å².